The maximum atomic E-state index is 7.73. The summed E-state index contributed by atoms with van der Waals surface area (Å²) in [6.07, 6.45) is 11.3. The van der Waals surface area contributed by atoms with E-state index in [0.717, 1.165) is 5.57 Å². The van der Waals surface area contributed by atoms with Crippen molar-refractivity contribution in [3.63, 3.8) is 0 Å². The van der Waals surface area contributed by atoms with E-state index >= 15 is 0 Å². The summed E-state index contributed by atoms with van der Waals surface area (Å²) in [7, 11) is 1.58. The molecule has 0 atom stereocenters. The Kier molecular flexibility index (Phi) is 3.26. The monoisotopic (exact) mass is 175 g/mol. The second-order valence-corrected chi connectivity index (χ2v) is 2.62. The van der Waals surface area contributed by atoms with Crippen LogP contribution in [0.4, 0.5) is 0 Å². The first-order chi connectivity index (χ1) is 6.29. The Balaban J connectivity index is 2.90. The summed E-state index contributed by atoms with van der Waals surface area (Å²) in [4.78, 5) is 0. The van der Waals surface area contributed by atoms with E-state index in [1.54, 1.807) is 13.2 Å². The Morgan fingerprint density at radius 2 is 2.23 bits per heavy atom. The van der Waals surface area contributed by atoms with Crippen LogP contribution in [0.3, 0.4) is 0 Å². The number of ether oxygens (including phenoxy) is 1. The van der Waals surface area contributed by atoms with Crippen molar-refractivity contribution in [1.29, 1.82) is 5.41 Å². The third kappa shape index (κ3) is 2.18. The third-order valence-corrected chi connectivity index (χ3v) is 1.75. The first kappa shape index (κ1) is 9.52. The minimum absolute atomic E-state index is 0.433. The Morgan fingerprint density at radius 3 is 2.85 bits per heavy atom. The Labute approximate surface area is 78.4 Å². The summed E-state index contributed by atoms with van der Waals surface area (Å²) in [5.74, 6) is 0.609. The van der Waals surface area contributed by atoms with Crippen molar-refractivity contribution in [3.8, 4) is 0 Å². The molecule has 13 heavy (non-hydrogen) atoms. The number of nitrogens with one attached hydrogen (secondary N) is 1. The van der Waals surface area contributed by atoms with Crippen LogP contribution in [0.1, 0.15) is 6.92 Å². The van der Waals surface area contributed by atoms with Gasteiger partial charge < -0.3 is 4.74 Å². The standard InChI is InChI=1S/C11H13NO/c1-3-4-6-9-7-5-8-10(13-2)11(9)12/h3-8,12H,1-2H3/b4-3-,9-6-,12-11?. The van der Waals surface area contributed by atoms with Crippen molar-refractivity contribution < 1.29 is 4.74 Å². The summed E-state index contributed by atoms with van der Waals surface area (Å²) in [5, 5.41) is 7.73. The second kappa shape index (κ2) is 4.45. The molecule has 1 N–H and O–H groups in total. The topological polar surface area (TPSA) is 33.1 Å². The van der Waals surface area contributed by atoms with Gasteiger partial charge in [-0.25, -0.2) is 0 Å². The molecule has 68 valence electrons. The van der Waals surface area contributed by atoms with Gasteiger partial charge in [0.2, 0.25) is 0 Å². The van der Waals surface area contributed by atoms with Gasteiger partial charge in [0.05, 0.1) is 7.11 Å². The molecule has 0 fully saturated rings. The second-order valence-electron chi connectivity index (χ2n) is 2.62. The zero-order chi connectivity index (χ0) is 9.68. The van der Waals surface area contributed by atoms with Crippen molar-refractivity contribution in [2.75, 3.05) is 7.11 Å². The summed E-state index contributed by atoms with van der Waals surface area (Å²) >= 11 is 0. The Hall–Kier alpha value is -1.57. The molecular weight excluding hydrogens is 162 g/mol. The van der Waals surface area contributed by atoms with Crippen LogP contribution in [-0.4, -0.2) is 12.8 Å². The van der Waals surface area contributed by atoms with E-state index in [2.05, 4.69) is 0 Å². The number of rotatable bonds is 2. The van der Waals surface area contributed by atoms with Gasteiger partial charge in [-0.15, -0.1) is 0 Å². The molecule has 2 nitrogen and oxygen atoms in total. The minimum atomic E-state index is 0.433. The normalized spacial score (nSPS) is 19.7. The molecule has 0 amide bonds. The van der Waals surface area contributed by atoms with Crippen LogP contribution in [-0.2, 0) is 4.74 Å². The lowest BCUT2D eigenvalue weighted by Crippen LogP contribution is -2.07. The molecule has 0 heterocycles. The van der Waals surface area contributed by atoms with Crippen molar-refractivity contribution in [2.24, 2.45) is 0 Å². The molecule has 0 radical (unpaired) electrons. The van der Waals surface area contributed by atoms with Crippen LogP contribution in [0.15, 0.2) is 47.8 Å². The van der Waals surface area contributed by atoms with Gasteiger partial charge in [-0.1, -0.05) is 30.4 Å². The molecule has 2 heteroatoms. The molecule has 1 rings (SSSR count). The Morgan fingerprint density at radius 1 is 1.46 bits per heavy atom. The molecule has 0 aromatic heterocycles. The predicted molar refractivity (Wildman–Crippen MR) is 54.9 cm³/mol. The molecule has 1 aliphatic carbocycles. The van der Waals surface area contributed by atoms with E-state index in [1.165, 1.54) is 0 Å². The van der Waals surface area contributed by atoms with Gasteiger partial charge in [0.1, 0.15) is 11.5 Å². The lowest BCUT2D eigenvalue weighted by atomic mass is 10.0. The van der Waals surface area contributed by atoms with E-state index in [0.29, 0.717) is 11.5 Å². The average Bonchev–Trinajstić information content (AvgIpc) is 2.16. The minimum Gasteiger partial charge on any atom is -0.494 e. The van der Waals surface area contributed by atoms with E-state index in [4.69, 9.17) is 10.1 Å². The molecule has 0 aromatic carbocycles. The van der Waals surface area contributed by atoms with E-state index in [1.807, 2.05) is 37.3 Å². The first-order valence-corrected chi connectivity index (χ1v) is 4.14. The van der Waals surface area contributed by atoms with Crippen LogP contribution < -0.4 is 0 Å². The van der Waals surface area contributed by atoms with E-state index in [9.17, 15) is 0 Å². The number of methoxy groups -OCH3 is 1. The molecule has 0 saturated heterocycles. The van der Waals surface area contributed by atoms with E-state index in [-0.39, 0.29) is 0 Å². The summed E-state index contributed by atoms with van der Waals surface area (Å²) in [5.41, 5.74) is 1.31. The van der Waals surface area contributed by atoms with Gasteiger partial charge in [-0.2, -0.15) is 0 Å². The maximum Gasteiger partial charge on any atom is 0.144 e. The lowest BCUT2D eigenvalue weighted by Gasteiger charge is -2.11. The van der Waals surface area contributed by atoms with E-state index < -0.39 is 0 Å². The highest BCUT2D eigenvalue weighted by Gasteiger charge is 2.10. The summed E-state index contributed by atoms with van der Waals surface area (Å²) in [6.45, 7) is 1.94. The zero-order valence-electron chi connectivity index (χ0n) is 7.87. The van der Waals surface area contributed by atoms with Gasteiger partial charge in [0.15, 0.2) is 0 Å². The number of allylic oxidation sites excluding steroid dienone is 7. The smallest absolute Gasteiger partial charge is 0.144 e. The molecule has 0 unspecified atom stereocenters. The van der Waals surface area contributed by atoms with Crippen LogP contribution >= 0.6 is 0 Å². The van der Waals surface area contributed by atoms with Gasteiger partial charge in [-0.3, -0.25) is 5.41 Å². The highest BCUT2D eigenvalue weighted by molar-refractivity contribution is 6.12. The average molecular weight is 175 g/mol. The number of hydrogen-bond acceptors (Lipinski definition) is 2. The fourth-order valence-corrected chi connectivity index (χ4v) is 1.06. The highest BCUT2D eigenvalue weighted by atomic mass is 16.5. The SMILES string of the molecule is C/C=C\C=C1\C=CC=C(OC)C1=N. The molecule has 0 saturated carbocycles. The van der Waals surface area contributed by atoms with Crippen LogP contribution in [0, 0.1) is 5.41 Å². The number of hydrogen-bond donors (Lipinski definition) is 1. The highest BCUT2D eigenvalue weighted by Crippen LogP contribution is 2.14. The predicted octanol–water partition coefficient (Wildman–Crippen LogP) is 2.61. The molecule has 0 aliphatic heterocycles. The summed E-state index contributed by atoms with van der Waals surface area (Å²) in [6, 6.07) is 0. The van der Waals surface area contributed by atoms with Crippen molar-refractivity contribution in [3.05, 3.63) is 47.8 Å². The molecule has 0 bridgehead atoms. The quantitative estimate of drug-likeness (QED) is 0.687. The van der Waals surface area contributed by atoms with Crippen LogP contribution in [0.25, 0.3) is 0 Å². The van der Waals surface area contributed by atoms with Crippen molar-refractivity contribution in [1.82, 2.24) is 0 Å². The van der Waals surface area contributed by atoms with Gasteiger partial charge in [-0.05, 0) is 13.0 Å². The van der Waals surface area contributed by atoms with Crippen LogP contribution in [0.2, 0.25) is 0 Å². The molecule has 0 aromatic rings. The maximum absolute atomic E-state index is 7.73. The van der Waals surface area contributed by atoms with Crippen molar-refractivity contribution in [2.45, 2.75) is 6.92 Å². The largest absolute Gasteiger partial charge is 0.494 e. The Bertz CT molecular complexity index is 319. The van der Waals surface area contributed by atoms with Crippen LogP contribution in [0.5, 0.6) is 0 Å². The van der Waals surface area contributed by atoms with Crippen molar-refractivity contribution >= 4 is 5.71 Å². The fourth-order valence-electron chi connectivity index (χ4n) is 1.06. The first-order valence-electron chi connectivity index (χ1n) is 4.14. The lowest BCUT2D eigenvalue weighted by molar-refractivity contribution is 0.314. The molecule has 1 aliphatic rings. The van der Waals surface area contributed by atoms with Gasteiger partial charge in [0, 0.05) is 5.57 Å². The van der Waals surface area contributed by atoms with Gasteiger partial charge >= 0.3 is 0 Å². The van der Waals surface area contributed by atoms with Gasteiger partial charge in [0.25, 0.3) is 0 Å². The summed E-state index contributed by atoms with van der Waals surface area (Å²) < 4.78 is 5.03. The molecule has 0 spiro atoms. The fraction of sp³-hybridized carbons (Fsp3) is 0.182. The zero-order valence-corrected chi connectivity index (χ0v) is 7.87. The third-order valence-electron chi connectivity index (χ3n) is 1.75. The molecular formula is C11H13NO.